The van der Waals surface area contributed by atoms with E-state index in [1.807, 2.05) is 29.8 Å². The lowest BCUT2D eigenvalue weighted by Crippen LogP contribution is -2.34. The average Bonchev–Trinajstić information content (AvgIpc) is 2.93. The maximum Gasteiger partial charge on any atom is 0.135 e. The summed E-state index contributed by atoms with van der Waals surface area (Å²) in [5.41, 5.74) is 1.73. The van der Waals surface area contributed by atoms with Crippen LogP contribution in [-0.4, -0.2) is 27.9 Å². The lowest BCUT2D eigenvalue weighted by Gasteiger charge is -2.34. The molecule has 0 unspecified atom stereocenters. The molecule has 3 rings (SSSR count). The van der Waals surface area contributed by atoms with Crippen LogP contribution in [0.15, 0.2) is 29.0 Å². The molecule has 0 saturated carbocycles. The van der Waals surface area contributed by atoms with E-state index in [1.165, 1.54) is 0 Å². The van der Waals surface area contributed by atoms with E-state index in [-0.39, 0.29) is 0 Å². The summed E-state index contributed by atoms with van der Waals surface area (Å²) < 4.78 is 2.98. The minimum atomic E-state index is 0.446. The molecule has 1 fully saturated rings. The lowest BCUT2D eigenvalue weighted by molar-refractivity contribution is 0.474. The van der Waals surface area contributed by atoms with Gasteiger partial charge in [0, 0.05) is 30.5 Å². The average molecular weight is 346 g/mol. The molecule has 5 nitrogen and oxygen atoms in total. The standard InChI is InChI=1S/C15H16BrN5/c1-20-10-18-19-15(20)11-5-7-21(8-6-11)14-12(9-17)3-2-4-13(14)16/h2-4,10-11H,5-8H2,1H3. The van der Waals surface area contributed by atoms with E-state index in [1.54, 1.807) is 6.33 Å². The fourth-order valence-electron chi connectivity index (χ4n) is 2.95. The first-order valence-corrected chi connectivity index (χ1v) is 7.77. The monoisotopic (exact) mass is 345 g/mol. The van der Waals surface area contributed by atoms with Crippen LogP contribution in [-0.2, 0) is 7.05 Å². The van der Waals surface area contributed by atoms with Gasteiger partial charge < -0.3 is 9.47 Å². The van der Waals surface area contributed by atoms with E-state index >= 15 is 0 Å². The largest absolute Gasteiger partial charge is 0.370 e. The Bertz CT molecular complexity index is 680. The minimum absolute atomic E-state index is 0.446. The van der Waals surface area contributed by atoms with Crippen molar-refractivity contribution >= 4 is 21.6 Å². The van der Waals surface area contributed by atoms with Crippen LogP contribution < -0.4 is 4.90 Å². The van der Waals surface area contributed by atoms with Crippen LogP contribution >= 0.6 is 15.9 Å². The molecule has 1 aliphatic rings. The number of para-hydroxylation sites is 1. The van der Waals surface area contributed by atoms with Gasteiger partial charge in [0.25, 0.3) is 0 Å². The van der Waals surface area contributed by atoms with Gasteiger partial charge in [-0.2, -0.15) is 5.26 Å². The first-order chi connectivity index (χ1) is 10.2. The van der Waals surface area contributed by atoms with Crippen molar-refractivity contribution in [1.29, 1.82) is 5.26 Å². The molecular weight excluding hydrogens is 330 g/mol. The van der Waals surface area contributed by atoms with Gasteiger partial charge in [-0.3, -0.25) is 0 Å². The van der Waals surface area contributed by atoms with Gasteiger partial charge in [0.15, 0.2) is 0 Å². The van der Waals surface area contributed by atoms with Gasteiger partial charge in [-0.1, -0.05) is 6.07 Å². The maximum absolute atomic E-state index is 9.29. The fraction of sp³-hybridized carbons (Fsp3) is 0.400. The van der Waals surface area contributed by atoms with Crippen LogP contribution in [0, 0.1) is 11.3 Å². The molecule has 0 N–H and O–H groups in total. The zero-order valence-electron chi connectivity index (χ0n) is 11.8. The summed E-state index contributed by atoms with van der Waals surface area (Å²) >= 11 is 3.57. The van der Waals surface area contributed by atoms with Crippen molar-refractivity contribution in [2.75, 3.05) is 18.0 Å². The van der Waals surface area contributed by atoms with Gasteiger partial charge in [-0.25, -0.2) is 0 Å². The summed E-state index contributed by atoms with van der Waals surface area (Å²) in [5.74, 6) is 1.50. The van der Waals surface area contributed by atoms with Gasteiger partial charge in [-0.05, 0) is 40.9 Å². The highest BCUT2D eigenvalue weighted by atomic mass is 79.9. The fourth-order valence-corrected chi connectivity index (χ4v) is 3.57. The quantitative estimate of drug-likeness (QED) is 0.839. The molecular formula is C15H16BrN5. The second kappa shape index (κ2) is 5.86. The third-order valence-corrected chi connectivity index (χ3v) is 4.67. The minimum Gasteiger partial charge on any atom is -0.370 e. The first-order valence-electron chi connectivity index (χ1n) is 6.98. The molecule has 0 spiro atoms. The number of rotatable bonds is 2. The van der Waals surface area contributed by atoms with E-state index in [0.29, 0.717) is 5.92 Å². The van der Waals surface area contributed by atoms with Crippen LogP contribution in [0.4, 0.5) is 5.69 Å². The summed E-state index contributed by atoms with van der Waals surface area (Å²) in [6, 6.07) is 8.05. The molecule has 0 bridgehead atoms. The summed E-state index contributed by atoms with van der Waals surface area (Å²) in [6.45, 7) is 1.85. The van der Waals surface area contributed by atoms with Crippen molar-refractivity contribution in [2.24, 2.45) is 7.05 Å². The molecule has 1 aromatic carbocycles. The highest BCUT2D eigenvalue weighted by molar-refractivity contribution is 9.10. The smallest absolute Gasteiger partial charge is 0.135 e. The number of nitrogens with zero attached hydrogens (tertiary/aromatic N) is 5. The Kier molecular flexibility index (Phi) is 3.93. The number of hydrogen-bond donors (Lipinski definition) is 0. The van der Waals surface area contributed by atoms with E-state index in [2.05, 4.69) is 37.1 Å². The van der Waals surface area contributed by atoms with Crippen LogP contribution in [0.3, 0.4) is 0 Å². The lowest BCUT2D eigenvalue weighted by atomic mass is 9.95. The second-order valence-corrected chi connectivity index (χ2v) is 6.16. The summed E-state index contributed by atoms with van der Waals surface area (Å²) in [6.07, 6.45) is 3.81. The topological polar surface area (TPSA) is 57.7 Å². The molecule has 1 aliphatic heterocycles. The van der Waals surface area contributed by atoms with Crippen molar-refractivity contribution in [2.45, 2.75) is 18.8 Å². The Morgan fingerprint density at radius 2 is 2.10 bits per heavy atom. The Morgan fingerprint density at radius 1 is 1.33 bits per heavy atom. The van der Waals surface area contributed by atoms with Gasteiger partial charge >= 0.3 is 0 Å². The molecule has 1 aromatic heterocycles. The first kappa shape index (κ1) is 14.1. The molecule has 6 heteroatoms. The second-order valence-electron chi connectivity index (χ2n) is 5.31. The molecule has 0 aliphatic carbocycles. The number of anilines is 1. The van der Waals surface area contributed by atoms with Crippen LogP contribution in [0.25, 0.3) is 0 Å². The molecule has 1 saturated heterocycles. The zero-order valence-corrected chi connectivity index (χ0v) is 13.4. The van der Waals surface area contributed by atoms with Gasteiger partial charge in [0.1, 0.15) is 18.2 Å². The van der Waals surface area contributed by atoms with Crippen LogP contribution in [0.2, 0.25) is 0 Å². The summed E-state index contributed by atoms with van der Waals surface area (Å²) in [5, 5.41) is 17.5. The third kappa shape index (κ3) is 2.66. The molecule has 0 radical (unpaired) electrons. The Morgan fingerprint density at radius 3 is 2.71 bits per heavy atom. The van der Waals surface area contributed by atoms with E-state index < -0.39 is 0 Å². The predicted molar refractivity (Wildman–Crippen MR) is 84.0 cm³/mol. The van der Waals surface area contributed by atoms with Gasteiger partial charge in [0.05, 0.1) is 11.3 Å². The van der Waals surface area contributed by atoms with E-state index in [4.69, 9.17) is 0 Å². The third-order valence-electron chi connectivity index (χ3n) is 4.03. The van der Waals surface area contributed by atoms with Crippen LogP contribution in [0.1, 0.15) is 30.1 Å². The Labute approximate surface area is 132 Å². The predicted octanol–water partition coefficient (Wildman–Crippen LogP) is 2.83. The van der Waals surface area contributed by atoms with Crippen molar-refractivity contribution in [3.63, 3.8) is 0 Å². The number of hydrogen-bond acceptors (Lipinski definition) is 4. The molecule has 0 atom stereocenters. The van der Waals surface area contributed by atoms with E-state index in [9.17, 15) is 5.26 Å². The van der Waals surface area contributed by atoms with E-state index in [0.717, 1.165) is 47.5 Å². The van der Waals surface area contributed by atoms with Crippen molar-refractivity contribution in [3.05, 3.63) is 40.4 Å². The highest BCUT2D eigenvalue weighted by Crippen LogP contribution is 2.35. The summed E-state index contributed by atoms with van der Waals surface area (Å²) in [7, 11) is 1.99. The van der Waals surface area contributed by atoms with Crippen LogP contribution in [0.5, 0.6) is 0 Å². The zero-order chi connectivity index (χ0) is 14.8. The number of halogens is 1. The molecule has 21 heavy (non-hydrogen) atoms. The molecule has 0 amide bonds. The number of piperidine rings is 1. The Balaban J connectivity index is 1.78. The van der Waals surface area contributed by atoms with Gasteiger partial charge in [0.2, 0.25) is 0 Å². The van der Waals surface area contributed by atoms with Crippen molar-refractivity contribution in [1.82, 2.24) is 14.8 Å². The normalized spacial score (nSPS) is 16.0. The molecule has 2 aromatic rings. The number of nitriles is 1. The number of benzene rings is 1. The highest BCUT2D eigenvalue weighted by Gasteiger charge is 2.26. The van der Waals surface area contributed by atoms with Crippen molar-refractivity contribution < 1.29 is 0 Å². The molecule has 108 valence electrons. The number of aromatic nitrogens is 3. The van der Waals surface area contributed by atoms with Crippen molar-refractivity contribution in [3.8, 4) is 6.07 Å². The maximum atomic E-state index is 9.29. The Hall–Kier alpha value is -1.87. The molecule has 2 heterocycles. The SMILES string of the molecule is Cn1cnnc1C1CCN(c2c(Br)cccc2C#N)CC1. The number of aryl methyl sites for hydroxylation is 1. The van der Waals surface area contributed by atoms with Gasteiger partial charge in [-0.15, -0.1) is 10.2 Å². The summed E-state index contributed by atoms with van der Waals surface area (Å²) in [4.78, 5) is 2.29.